The van der Waals surface area contributed by atoms with Crippen molar-refractivity contribution in [3.63, 3.8) is 0 Å². The molecule has 0 saturated heterocycles. The highest BCUT2D eigenvalue weighted by Crippen LogP contribution is 1.86. The molecule has 4 nitrogen and oxygen atoms in total. The summed E-state index contributed by atoms with van der Waals surface area (Å²) in [5, 5.41) is 0. The molecule has 0 atom stereocenters. The molecule has 0 aliphatic heterocycles. The van der Waals surface area contributed by atoms with Gasteiger partial charge in [0.15, 0.2) is 0 Å². The van der Waals surface area contributed by atoms with E-state index in [0.29, 0.717) is 0 Å². The summed E-state index contributed by atoms with van der Waals surface area (Å²) < 4.78 is 9.26. The van der Waals surface area contributed by atoms with Crippen LogP contribution in [0.2, 0.25) is 0 Å². The largest absolute Gasteiger partial charge is 0.463 e. The molecule has 0 unspecified atom stereocenters. The van der Waals surface area contributed by atoms with Crippen molar-refractivity contribution in [1.82, 2.24) is 0 Å². The normalized spacial score (nSPS) is 10.7. The van der Waals surface area contributed by atoms with Crippen molar-refractivity contribution >= 4 is 11.9 Å². The molecular weight excluding hydrogens is 184 g/mol. The topological polar surface area (TPSA) is 52.6 Å². The molecule has 0 spiro atoms. The van der Waals surface area contributed by atoms with Crippen LogP contribution in [-0.4, -0.2) is 25.2 Å². The van der Waals surface area contributed by atoms with Gasteiger partial charge in [0.05, 0.1) is 6.61 Å². The summed E-state index contributed by atoms with van der Waals surface area (Å²) in [4.78, 5) is 21.6. The van der Waals surface area contributed by atoms with E-state index in [0.717, 1.165) is 12.2 Å². The molecule has 14 heavy (non-hydrogen) atoms. The fourth-order valence-corrected chi connectivity index (χ4v) is 0.601. The van der Waals surface area contributed by atoms with Gasteiger partial charge >= 0.3 is 11.9 Å². The number of hydrogen-bond donors (Lipinski definition) is 0. The minimum absolute atomic E-state index is 0.211. The van der Waals surface area contributed by atoms with Crippen LogP contribution in [0.15, 0.2) is 24.3 Å². The lowest BCUT2D eigenvalue weighted by molar-refractivity contribution is -0.139. The summed E-state index contributed by atoms with van der Waals surface area (Å²) in [5.74, 6) is -1.10. The van der Waals surface area contributed by atoms with Gasteiger partial charge in [-0.2, -0.15) is 0 Å². The zero-order valence-corrected chi connectivity index (χ0v) is 8.36. The third-order valence-electron chi connectivity index (χ3n) is 1.20. The molecule has 0 amide bonds. The van der Waals surface area contributed by atoms with Crippen LogP contribution in [0.5, 0.6) is 0 Å². The number of carbonyl (C=O) groups excluding carboxylic acids is 2. The highest BCUT2D eigenvalue weighted by Gasteiger charge is 1.98. The quantitative estimate of drug-likeness (QED) is 0.378. The lowest BCUT2D eigenvalue weighted by Gasteiger charge is -1.96. The van der Waals surface area contributed by atoms with E-state index in [1.54, 1.807) is 19.1 Å². The second-order valence-corrected chi connectivity index (χ2v) is 2.28. The Balaban J connectivity index is 3.75. The molecule has 0 N–H and O–H groups in total. The second kappa shape index (κ2) is 8.04. The molecule has 0 fully saturated rings. The molecule has 0 aliphatic carbocycles. The van der Waals surface area contributed by atoms with Crippen LogP contribution < -0.4 is 0 Å². The Morgan fingerprint density at radius 3 is 2.21 bits per heavy atom. The first-order chi connectivity index (χ1) is 6.70. The Bertz CT molecular complexity index is 241. The van der Waals surface area contributed by atoms with Crippen LogP contribution in [0.1, 0.15) is 13.8 Å². The smallest absolute Gasteiger partial charge is 0.331 e. The van der Waals surface area contributed by atoms with Crippen LogP contribution in [0.3, 0.4) is 0 Å². The Kier molecular flexibility index (Phi) is 7.13. The van der Waals surface area contributed by atoms with Gasteiger partial charge in [0.1, 0.15) is 6.61 Å². The monoisotopic (exact) mass is 198 g/mol. The molecule has 0 rings (SSSR count). The number of ether oxygens (including phenoxy) is 2. The van der Waals surface area contributed by atoms with Crippen LogP contribution in [0, 0.1) is 0 Å². The highest BCUT2D eigenvalue weighted by molar-refractivity contribution is 5.91. The third-order valence-corrected chi connectivity index (χ3v) is 1.20. The molecular formula is C10H14O4. The summed E-state index contributed by atoms with van der Waals surface area (Å²) >= 11 is 0. The SMILES string of the molecule is CC=CCOC(=O)/C=C\C(=O)OCC. The van der Waals surface area contributed by atoms with Gasteiger partial charge in [-0.25, -0.2) is 9.59 Å². The van der Waals surface area contributed by atoms with Crippen molar-refractivity contribution in [3.05, 3.63) is 24.3 Å². The number of hydrogen-bond acceptors (Lipinski definition) is 4. The van der Waals surface area contributed by atoms with Crippen molar-refractivity contribution in [2.45, 2.75) is 13.8 Å². The van der Waals surface area contributed by atoms with Gasteiger partial charge in [0.2, 0.25) is 0 Å². The van der Waals surface area contributed by atoms with E-state index in [1.165, 1.54) is 0 Å². The minimum Gasteiger partial charge on any atom is -0.463 e. The van der Waals surface area contributed by atoms with E-state index in [2.05, 4.69) is 4.74 Å². The first kappa shape index (κ1) is 12.4. The molecule has 4 heteroatoms. The maximum Gasteiger partial charge on any atom is 0.331 e. The summed E-state index contributed by atoms with van der Waals surface area (Å²) in [6.45, 7) is 4.01. The van der Waals surface area contributed by atoms with Crippen LogP contribution >= 0.6 is 0 Å². The standard InChI is InChI=1S/C10H14O4/c1-3-5-8-14-10(12)7-6-9(11)13-4-2/h3,5-7H,4,8H2,1-2H3/b5-3?,7-6-. The van der Waals surface area contributed by atoms with Crippen molar-refractivity contribution in [1.29, 1.82) is 0 Å². The van der Waals surface area contributed by atoms with Gasteiger partial charge in [0, 0.05) is 12.2 Å². The third kappa shape index (κ3) is 7.09. The number of esters is 2. The molecule has 0 bridgehead atoms. The molecule has 0 aliphatic rings. The molecule has 0 aromatic heterocycles. The van der Waals surface area contributed by atoms with E-state index in [4.69, 9.17) is 4.74 Å². The van der Waals surface area contributed by atoms with Gasteiger partial charge in [-0.15, -0.1) is 0 Å². The Hall–Kier alpha value is -1.58. The maximum absolute atomic E-state index is 10.9. The van der Waals surface area contributed by atoms with E-state index < -0.39 is 11.9 Å². The Labute approximate surface area is 83.2 Å². The summed E-state index contributed by atoms with van der Waals surface area (Å²) in [6.07, 6.45) is 5.54. The average Bonchev–Trinajstić information content (AvgIpc) is 2.16. The predicted molar refractivity (Wildman–Crippen MR) is 51.5 cm³/mol. The Morgan fingerprint density at radius 2 is 1.71 bits per heavy atom. The van der Waals surface area contributed by atoms with Gasteiger partial charge in [0.25, 0.3) is 0 Å². The summed E-state index contributed by atoms with van der Waals surface area (Å²) in [5.41, 5.74) is 0. The molecule has 0 saturated carbocycles. The lowest BCUT2D eigenvalue weighted by atomic mass is 10.5. The zero-order chi connectivity index (χ0) is 10.8. The average molecular weight is 198 g/mol. The van der Waals surface area contributed by atoms with E-state index in [-0.39, 0.29) is 13.2 Å². The van der Waals surface area contributed by atoms with Gasteiger partial charge in [-0.1, -0.05) is 12.2 Å². The van der Waals surface area contributed by atoms with Crippen molar-refractivity contribution in [2.24, 2.45) is 0 Å². The second-order valence-electron chi connectivity index (χ2n) is 2.28. The van der Waals surface area contributed by atoms with Crippen molar-refractivity contribution in [2.75, 3.05) is 13.2 Å². The number of allylic oxidation sites excluding steroid dienone is 1. The minimum atomic E-state index is -0.559. The van der Waals surface area contributed by atoms with E-state index in [1.807, 2.05) is 6.92 Å². The highest BCUT2D eigenvalue weighted by atomic mass is 16.5. The van der Waals surface area contributed by atoms with Crippen LogP contribution in [0.25, 0.3) is 0 Å². The first-order valence-corrected chi connectivity index (χ1v) is 4.33. The van der Waals surface area contributed by atoms with E-state index >= 15 is 0 Å². The molecule has 0 radical (unpaired) electrons. The Morgan fingerprint density at radius 1 is 1.14 bits per heavy atom. The molecule has 0 aromatic rings. The fraction of sp³-hybridized carbons (Fsp3) is 0.400. The number of rotatable bonds is 5. The summed E-state index contributed by atoms with van der Waals surface area (Å²) in [6, 6.07) is 0. The first-order valence-electron chi connectivity index (χ1n) is 4.33. The molecule has 78 valence electrons. The lowest BCUT2D eigenvalue weighted by Crippen LogP contribution is -2.04. The van der Waals surface area contributed by atoms with Crippen LogP contribution in [0.4, 0.5) is 0 Å². The van der Waals surface area contributed by atoms with Gasteiger partial charge in [-0.05, 0) is 13.8 Å². The number of carbonyl (C=O) groups is 2. The fourth-order valence-electron chi connectivity index (χ4n) is 0.601. The van der Waals surface area contributed by atoms with Crippen molar-refractivity contribution < 1.29 is 19.1 Å². The summed E-state index contributed by atoms with van der Waals surface area (Å²) in [7, 11) is 0. The van der Waals surface area contributed by atoms with Crippen molar-refractivity contribution in [3.8, 4) is 0 Å². The molecule has 0 aromatic carbocycles. The maximum atomic E-state index is 10.9. The van der Waals surface area contributed by atoms with Crippen LogP contribution in [-0.2, 0) is 19.1 Å². The van der Waals surface area contributed by atoms with Gasteiger partial charge < -0.3 is 9.47 Å². The zero-order valence-electron chi connectivity index (χ0n) is 8.36. The molecule has 0 heterocycles. The predicted octanol–water partition coefficient (Wildman–Crippen LogP) is 1.22. The van der Waals surface area contributed by atoms with E-state index in [9.17, 15) is 9.59 Å². The van der Waals surface area contributed by atoms with Gasteiger partial charge in [-0.3, -0.25) is 0 Å².